The third-order valence-corrected chi connectivity index (χ3v) is 3.58. The molecule has 0 atom stereocenters. The fourth-order valence-corrected chi connectivity index (χ4v) is 2.38. The summed E-state index contributed by atoms with van der Waals surface area (Å²) >= 11 is 1.11. The van der Waals surface area contributed by atoms with Gasteiger partial charge >= 0.3 is 4.87 Å². The average Bonchev–Trinajstić information content (AvgIpc) is 2.64. The summed E-state index contributed by atoms with van der Waals surface area (Å²) in [6.45, 7) is 3.80. The summed E-state index contributed by atoms with van der Waals surface area (Å²) in [7, 11) is 0. The Bertz CT molecular complexity index is 628. The smallest absolute Gasteiger partial charge is 0.307 e. The van der Waals surface area contributed by atoms with E-state index in [0.717, 1.165) is 28.3 Å². The molecule has 0 aliphatic carbocycles. The van der Waals surface area contributed by atoms with Gasteiger partial charge in [-0.15, -0.1) is 0 Å². The molecular weight excluding hydrogens is 248 g/mol. The van der Waals surface area contributed by atoms with Gasteiger partial charge in [0.1, 0.15) is 6.54 Å². The molecule has 0 unspecified atom stereocenters. The highest BCUT2D eigenvalue weighted by Gasteiger charge is 2.09. The molecule has 5 heteroatoms. The first-order chi connectivity index (χ1) is 8.58. The molecule has 1 aromatic heterocycles. The highest BCUT2D eigenvalue weighted by atomic mass is 32.1. The van der Waals surface area contributed by atoms with Crippen molar-refractivity contribution >= 4 is 22.9 Å². The summed E-state index contributed by atoms with van der Waals surface area (Å²) in [6, 6.07) is 7.55. The van der Waals surface area contributed by atoms with Gasteiger partial charge in [-0.3, -0.25) is 14.2 Å². The van der Waals surface area contributed by atoms with Crippen LogP contribution < -0.4 is 10.2 Å². The largest absolute Gasteiger partial charge is 0.324 e. The third kappa shape index (κ3) is 2.68. The fourth-order valence-electron chi connectivity index (χ4n) is 1.64. The van der Waals surface area contributed by atoms with Crippen LogP contribution in [0.2, 0.25) is 0 Å². The van der Waals surface area contributed by atoms with Crippen LogP contribution in [0.1, 0.15) is 11.3 Å². The molecule has 0 saturated heterocycles. The number of hydrogen-bond donors (Lipinski definition) is 1. The Morgan fingerprint density at radius 1 is 1.33 bits per heavy atom. The van der Waals surface area contributed by atoms with Gasteiger partial charge in [-0.25, -0.2) is 0 Å². The molecule has 2 rings (SSSR count). The van der Waals surface area contributed by atoms with Crippen LogP contribution in [0.3, 0.4) is 0 Å². The molecule has 94 valence electrons. The van der Waals surface area contributed by atoms with Crippen molar-refractivity contribution in [2.45, 2.75) is 20.4 Å². The summed E-state index contributed by atoms with van der Waals surface area (Å²) in [5.41, 5.74) is 2.59. The van der Waals surface area contributed by atoms with Gasteiger partial charge in [0.25, 0.3) is 0 Å². The second kappa shape index (κ2) is 5.18. The predicted molar refractivity (Wildman–Crippen MR) is 73.1 cm³/mol. The number of amides is 1. The zero-order valence-electron chi connectivity index (χ0n) is 10.3. The van der Waals surface area contributed by atoms with Crippen LogP contribution in [0.4, 0.5) is 5.69 Å². The molecular formula is C13H14N2O2S. The van der Waals surface area contributed by atoms with Gasteiger partial charge in [-0.1, -0.05) is 29.5 Å². The number of carbonyl (C=O) groups is 1. The summed E-state index contributed by atoms with van der Waals surface area (Å²) in [4.78, 5) is 23.3. The first-order valence-corrected chi connectivity index (χ1v) is 6.46. The van der Waals surface area contributed by atoms with Crippen molar-refractivity contribution in [3.63, 3.8) is 0 Å². The van der Waals surface area contributed by atoms with Gasteiger partial charge in [-0.05, 0) is 25.5 Å². The Morgan fingerprint density at radius 2 is 2.06 bits per heavy atom. The Morgan fingerprint density at radius 3 is 2.67 bits per heavy atom. The molecule has 1 aromatic carbocycles. The number of thiazole rings is 1. The van der Waals surface area contributed by atoms with Crippen molar-refractivity contribution in [1.82, 2.24) is 4.57 Å². The highest BCUT2D eigenvalue weighted by molar-refractivity contribution is 7.07. The molecule has 0 aliphatic heterocycles. The minimum Gasteiger partial charge on any atom is -0.324 e. The van der Waals surface area contributed by atoms with E-state index in [1.165, 1.54) is 4.57 Å². The predicted octanol–water partition coefficient (Wildman–Crippen LogP) is 2.17. The Kier molecular flexibility index (Phi) is 3.62. The molecule has 1 heterocycles. The first kappa shape index (κ1) is 12.6. The van der Waals surface area contributed by atoms with Gasteiger partial charge < -0.3 is 5.32 Å². The quantitative estimate of drug-likeness (QED) is 0.921. The maximum atomic E-state index is 11.9. The molecule has 2 aromatic rings. The monoisotopic (exact) mass is 262 g/mol. The zero-order chi connectivity index (χ0) is 13.1. The summed E-state index contributed by atoms with van der Waals surface area (Å²) in [6.07, 6.45) is 0. The maximum absolute atomic E-state index is 11.9. The van der Waals surface area contributed by atoms with Crippen LogP contribution in [-0.2, 0) is 11.3 Å². The molecule has 0 spiro atoms. The van der Waals surface area contributed by atoms with E-state index in [-0.39, 0.29) is 17.3 Å². The van der Waals surface area contributed by atoms with Crippen LogP contribution in [0.5, 0.6) is 0 Å². The lowest BCUT2D eigenvalue weighted by atomic mass is 10.2. The van der Waals surface area contributed by atoms with Gasteiger partial charge in [-0.2, -0.15) is 0 Å². The van der Waals surface area contributed by atoms with Crippen LogP contribution >= 0.6 is 11.3 Å². The SMILES string of the molecule is Cc1ccccc1NC(=O)Cn1c(C)csc1=O. The number of aromatic nitrogens is 1. The first-order valence-electron chi connectivity index (χ1n) is 5.58. The van der Waals surface area contributed by atoms with E-state index in [4.69, 9.17) is 0 Å². The van der Waals surface area contributed by atoms with E-state index in [9.17, 15) is 9.59 Å². The van der Waals surface area contributed by atoms with Crippen molar-refractivity contribution in [3.8, 4) is 0 Å². The molecule has 4 nitrogen and oxygen atoms in total. The highest BCUT2D eigenvalue weighted by Crippen LogP contribution is 2.13. The number of benzene rings is 1. The van der Waals surface area contributed by atoms with Crippen molar-refractivity contribution in [2.75, 3.05) is 5.32 Å². The van der Waals surface area contributed by atoms with E-state index in [2.05, 4.69) is 5.32 Å². The van der Waals surface area contributed by atoms with Crippen molar-refractivity contribution in [1.29, 1.82) is 0 Å². The van der Waals surface area contributed by atoms with E-state index in [0.29, 0.717) is 0 Å². The van der Waals surface area contributed by atoms with E-state index in [1.807, 2.05) is 38.1 Å². The van der Waals surface area contributed by atoms with E-state index < -0.39 is 0 Å². The minimum absolute atomic E-state index is 0.0580. The van der Waals surface area contributed by atoms with Crippen LogP contribution in [0.15, 0.2) is 34.4 Å². The van der Waals surface area contributed by atoms with E-state index >= 15 is 0 Å². The van der Waals surface area contributed by atoms with Crippen LogP contribution in [0, 0.1) is 13.8 Å². The second-order valence-electron chi connectivity index (χ2n) is 4.09. The van der Waals surface area contributed by atoms with Crippen molar-refractivity contribution < 1.29 is 4.79 Å². The Hall–Kier alpha value is -1.88. The van der Waals surface area contributed by atoms with Gasteiger partial charge in [0.2, 0.25) is 5.91 Å². The molecule has 18 heavy (non-hydrogen) atoms. The fraction of sp³-hybridized carbons (Fsp3) is 0.231. The number of anilines is 1. The van der Waals surface area contributed by atoms with Gasteiger partial charge in [0.15, 0.2) is 0 Å². The molecule has 0 aliphatic rings. The van der Waals surface area contributed by atoms with Crippen molar-refractivity contribution in [3.05, 3.63) is 50.6 Å². The molecule has 0 radical (unpaired) electrons. The van der Waals surface area contributed by atoms with E-state index in [1.54, 1.807) is 5.38 Å². The average molecular weight is 262 g/mol. The lowest BCUT2D eigenvalue weighted by Gasteiger charge is -2.08. The molecule has 0 saturated carbocycles. The minimum atomic E-state index is -0.187. The normalized spacial score (nSPS) is 10.3. The standard InChI is InChI=1S/C13H14N2O2S/c1-9-5-3-4-6-11(9)14-12(16)7-15-10(2)8-18-13(15)17/h3-6,8H,7H2,1-2H3,(H,14,16). The molecule has 0 fully saturated rings. The second-order valence-corrected chi connectivity index (χ2v) is 4.91. The maximum Gasteiger partial charge on any atom is 0.307 e. The lowest BCUT2D eigenvalue weighted by molar-refractivity contribution is -0.116. The number of rotatable bonds is 3. The Balaban J connectivity index is 2.11. The number of nitrogens with zero attached hydrogens (tertiary/aromatic N) is 1. The van der Waals surface area contributed by atoms with Gasteiger partial charge in [0.05, 0.1) is 0 Å². The number of carbonyl (C=O) groups excluding carboxylic acids is 1. The number of nitrogens with one attached hydrogen (secondary N) is 1. The number of hydrogen-bond acceptors (Lipinski definition) is 3. The number of para-hydroxylation sites is 1. The lowest BCUT2D eigenvalue weighted by Crippen LogP contribution is -2.25. The van der Waals surface area contributed by atoms with Crippen LogP contribution in [0.25, 0.3) is 0 Å². The Labute approximate surface area is 109 Å². The van der Waals surface area contributed by atoms with Crippen molar-refractivity contribution in [2.24, 2.45) is 0 Å². The molecule has 1 N–H and O–H groups in total. The van der Waals surface area contributed by atoms with Crippen LogP contribution in [-0.4, -0.2) is 10.5 Å². The number of aryl methyl sites for hydroxylation is 2. The summed E-state index contributed by atoms with van der Waals surface area (Å²) in [5.74, 6) is -0.187. The summed E-state index contributed by atoms with van der Waals surface area (Å²) < 4.78 is 1.47. The molecule has 1 amide bonds. The molecule has 0 bridgehead atoms. The third-order valence-electron chi connectivity index (χ3n) is 2.70. The van der Waals surface area contributed by atoms with Gasteiger partial charge in [0, 0.05) is 16.8 Å². The summed E-state index contributed by atoms with van der Waals surface area (Å²) in [5, 5.41) is 4.56. The topological polar surface area (TPSA) is 51.1 Å². The zero-order valence-corrected chi connectivity index (χ0v) is 11.1.